The second kappa shape index (κ2) is 6.85. The van der Waals surface area contributed by atoms with Gasteiger partial charge in [-0.15, -0.1) is 0 Å². The number of carbonyl (C=O) groups excluding carboxylic acids is 1. The quantitative estimate of drug-likeness (QED) is 0.866. The molecular weight excluding hydrogens is 276 g/mol. The summed E-state index contributed by atoms with van der Waals surface area (Å²) in [5, 5.41) is 2.75. The number of hydrogen-bond donors (Lipinski definition) is 1. The zero-order chi connectivity index (χ0) is 15.3. The molecule has 0 heterocycles. The Labute approximate surface area is 121 Å². The van der Waals surface area contributed by atoms with Crippen LogP contribution < -0.4 is 5.32 Å². The number of aryl methyl sites for hydroxylation is 1. The molecule has 0 bridgehead atoms. The summed E-state index contributed by atoms with van der Waals surface area (Å²) in [6.07, 6.45) is 0.806. The largest absolute Gasteiger partial charge is 0.353 e. The number of nitrogens with zero attached hydrogens (tertiary/aromatic N) is 1. The van der Waals surface area contributed by atoms with Gasteiger partial charge in [-0.2, -0.15) is 4.31 Å². The molecule has 0 spiro atoms. The van der Waals surface area contributed by atoms with Gasteiger partial charge in [-0.05, 0) is 32.4 Å². The third kappa shape index (κ3) is 4.31. The maximum absolute atomic E-state index is 12.3. The Morgan fingerprint density at radius 1 is 1.30 bits per heavy atom. The molecule has 1 amide bonds. The topological polar surface area (TPSA) is 66.5 Å². The molecule has 5 nitrogen and oxygen atoms in total. The van der Waals surface area contributed by atoms with Gasteiger partial charge in [0.05, 0.1) is 11.4 Å². The first-order chi connectivity index (χ1) is 9.27. The number of sulfonamides is 1. The Balaban J connectivity index is 2.77. The van der Waals surface area contributed by atoms with Crippen molar-refractivity contribution >= 4 is 15.9 Å². The molecule has 0 aliphatic heterocycles. The van der Waals surface area contributed by atoms with Crippen molar-refractivity contribution in [2.45, 2.75) is 38.1 Å². The minimum atomic E-state index is -3.62. The van der Waals surface area contributed by atoms with Crippen LogP contribution in [0.5, 0.6) is 0 Å². The van der Waals surface area contributed by atoms with E-state index in [1.54, 1.807) is 24.3 Å². The average Bonchev–Trinajstić information content (AvgIpc) is 2.38. The van der Waals surface area contributed by atoms with Gasteiger partial charge < -0.3 is 5.32 Å². The molecule has 0 aliphatic rings. The summed E-state index contributed by atoms with van der Waals surface area (Å²) in [7, 11) is -2.21. The molecule has 20 heavy (non-hydrogen) atoms. The fraction of sp³-hybridized carbons (Fsp3) is 0.500. The molecule has 112 valence electrons. The molecule has 1 aromatic rings. The smallest absolute Gasteiger partial charge is 0.243 e. The Morgan fingerprint density at radius 3 is 2.35 bits per heavy atom. The van der Waals surface area contributed by atoms with Crippen LogP contribution in [0.2, 0.25) is 0 Å². The van der Waals surface area contributed by atoms with Gasteiger partial charge in [0.1, 0.15) is 0 Å². The van der Waals surface area contributed by atoms with Gasteiger partial charge in [-0.3, -0.25) is 4.79 Å². The Hall–Kier alpha value is -1.40. The van der Waals surface area contributed by atoms with Crippen LogP contribution in [0, 0.1) is 6.92 Å². The zero-order valence-electron chi connectivity index (χ0n) is 12.4. The number of hydrogen-bond acceptors (Lipinski definition) is 3. The van der Waals surface area contributed by atoms with Crippen molar-refractivity contribution in [3.63, 3.8) is 0 Å². The molecule has 1 aromatic carbocycles. The van der Waals surface area contributed by atoms with Gasteiger partial charge in [0, 0.05) is 13.1 Å². The highest BCUT2D eigenvalue weighted by Gasteiger charge is 2.23. The van der Waals surface area contributed by atoms with Gasteiger partial charge >= 0.3 is 0 Å². The minimum Gasteiger partial charge on any atom is -0.353 e. The highest BCUT2D eigenvalue weighted by Crippen LogP contribution is 2.14. The monoisotopic (exact) mass is 298 g/mol. The lowest BCUT2D eigenvalue weighted by Crippen LogP contribution is -2.41. The fourth-order valence-corrected chi connectivity index (χ4v) is 2.73. The number of rotatable bonds is 6. The van der Waals surface area contributed by atoms with Crippen LogP contribution in [0.4, 0.5) is 0 Å². The van der Waals surface area contributed by atoms with E-state index in [0.717, 1.165) is 16.3 Å². The van der Waals surface area contributed by atoms with Crippen molar-refractivity contribution in [3.8, 4) is 0 Å². The van der Waals surface area contributed by atoms with Gasteiger partial charge in [0.25, 0.3) is 0 Å². The number of benzene rings is 1. The van der Waals surface area contributed by atoms with Crippen LogP contribution in [-0.4, -0.2) is 38.3 Å². The van der Waals surface area contributed by atoms with Crippen LogP contribution in [0.3, 0.4) is 0 Å². The van der Waals surface area contributed by atoms with Crippen molar-refractivity contribution in [1.82, 2.24) is 9.62 Å². The predicted molar refractivity (Wildman–Crippen MR) is 78.9 cm³/mol. The van der Waals surface area contributed by atoms with Crippen molar-refractivity contribution in [2.75, 3.05) is 13.6 Å². The standard InChI is InChI=1S/C14H22N2O3S/c1-5-12(3)15-14(17)10-16(4)20(18,19)13-8-6-11(2)7-9-13/h6-9,12H,5,10H2,1-4H3,(H,15,17)/t12-/m1/s1. The molecule has 0 saturated carbocycles. The number of nitrogens with one attached hydrogen (secondary N) is 1. The summed E-state index contributed by atoms with van der Waals surface area (Å²) < 4.78 is 25.6. The third-order valence-electron chi connectivity index (χ3n) is 3.12. The number of amides is 1. The van der Waals surface area contributed by atoms with E-state index in [1.165, 1.54) is 7.05 Å². The summed E-state index contributed by atoms with van der Waals surface area (Å²) in [6, 6.07) is 6.61. The molecular formula is C14H22N2O3S. The molecule has 6 heteroatoms. The Bertz CT molecular complexity index is 552. The molecule has 0 saturated heterocycles. The van der Waals surface area contributed by atoms with E-state index in [2.05, 4.69) is 5.32 Å². The molecule has 0 unspecified atom stereocenters. The van der Waals surface area contributed by atoms with E-state index in [0.29, 0.717) is 0 Å². The molecule has 0 aliphatic carbocycles. The van der Waals surface area contributed by atoms with E-state index >= 15 is 0 Å². The second-order valence-electron chi connectivity index (χ2n) is 4.95. The predicted octanol–water partition coefficient (Wildman–Crippen LogP) is 1.53. The normalized spacial score (nSPS) is 13.2. The van der Waals surface area contributed by atoms with Gasteiger partial charge in [0.2, 0.25) is 15.9 Å². The first kappa shape index (κ1) is 16.7. The summed E-state index contributed by atoms with van der Waals surface area (Å²) in [6.45, 7) is 5.55. The molecule has 1 rings (SSSR count). The summed E-state index contributed by atoms with van der Waals surface area (Å²) >= 11 is 0. The summed E-state index contributed by atoms with van der Waals surface area (Å²) in [5.74, 6) is -0.294. The fourth-order valence-electron chi connectivity index (χ4n) is 1.60. The average molecular weight is 298 g/mol. The third-order valence-corrected chi connectivity index (χ3v) is 4.93. The van der Waals surface area contributed by atoms with Crippen molar-refractivity contribution in [1.29, 1.82) is 0 Å². The maximum atomic E-state index is 12.3. The van der Waals surface area contributed by atoms with Crippen molar-refractivity contribution in [2.24, 2.45) is 0 Å². The number of likely N-dealkylation sites (N-methyl/N-ethyl adjacent to an activating group) is 1. The SMILES string of the molecule is CC[C@@H](C)NC(=O)CN(C)S(=O)(=O)c1ccc(C)cc1. The molecule has 1 N–H and O–H groups in total. The molecule has 0 fully saturated rings. The Kier molecular flexibility index (Phi) is 5.71. The van der Waals surface area contributed by atoms with Crippen LogP contribution in [0.25, 0.3) is 0 Å². The Morgan fingerprint density at radius 2 is 1.85 bits per heavy atom. The van der Waals surface area contributed by atoms with E-state index in [1.807, 2.05) is 20.8 Å². The minimum absolute atomic E-state index is 0.0398. The number of carbonyl (C=O) groups is 1. The van der Waals surface area contributed by atoms with Crippen LogP contribution in [-0.2, 0) is 14.8 Å². The van der Waals surface area contributed by atoms with E-state index < -0.39 is 10.0 Å². The second-order valence-corrected chi connectivity index (χ2v) is 7.00. The van der Waals surface area contributed by atoms with E-state index in [9.17, 15) is 13.2 Å². The maximum Gasteiger partial charge on any atom is 0.243 e. The van der Waals surface area contributed by atoms with Crippen LogP contribution in [0.1, 0.15) is 25.8 Å². The van der Waals surface area contributed by atoms with Crippen LogP contribution in [0.15, 0.2) is 29.2 Å². The highest BCUT2D eigenvalue weighted by atomic mass is 32.2. The van der Waals surface area contributed by atoms with Gasteiger partial charge in [-0.1, -0.05) is 24.6 Å². The summed E-state index contributed by atoms with van der Waals surface area (Å²) in [4.78, 5) is 11.9. The highest BCUT2D eigenvalue weighted by molar-refractivity contribution is 7.89. The van der Waals surface area contributed by atoms with Crippen molar-refractivity contribution < 1.29 is 13.2 Å². The van der Waals surface area contributed by atoms with Crippen molar-refractivity contribution in [3.05, 3.63) is 29.8 Å². The zero-order valence-corrected chi connectivity index (χ0v) is 13.2. The summed E-state index contributed by atoms with van der Waals surface area (Å²) in [5.41, 5.74) is 0.987. The van der Waals surface area contributed by atoms with Gasteiger partial charge in [0.15, 0.2) is 0 Å². The first-order valence-corrected chi connectivity index (χ1v) is 8.03. The van der Waals surface area contributed by atoms with E-state index in [-0.39, 0.29) is 23.4 Å². The first-order valence-electron chi connectivity index (χ1n) is 6.59. The lowest BCUT2D eigenvalue weighted by Gasteiger charge is -2.18. The molecule has 0 radical (unpaired) electrons. The lowest BCUT2D eigenvalue weighted by molar-refractivity contribution is -0.121. The lowest BCUT2D eigenvalue weighted by atomic mass is 10.2. The van der Waals surface area contributed by atoms with E-state index in [4.69, 9.17) is 0 Å². The molecule has 1 atom stereocenters. The molecule has 0 aromatic heterocycles. The van der Waals surface area contributed by atoms with Crippen LogP contribution >= 0.6 is 0 Å². The van der Waals surface area contributed by atoms with Gasteiger partial charge in [-0.25, -0.2) is 8.42 Å².